The maximum Gasteiger partial charge on any atom is 0.257 e. The number of aromatic nitrogens is 11. The molecule has 0 saturated carbocycles. The molecule has 0 spiro atoms. The number of nitrogen functional groups attached to an aromatic ring is 5. The van der Waals surface area contributed by atoms with Gasteiger partial charge in [-0.3, -0.25) is 4.98 Å². The van der Waals surface area contributed by atoms with Crippen LogP contribution in [-0.2, 0) is 70.6 Å². The van der Waals surface area contributed by atoms with Crippen molar-refractivity contribution in [3.8, 4) is 29.4 Å². The van der Waals surface area contributed by atoms with E-state index in [0.717, 1.165) is 98.2 Å². The minimum atomic E-state index is -0.0363. The third-order valence-electron chi connectivity index (χ3n) is 16.8. The van der Waals surface area contributed by atoms with Crippen molar-refractivity contribution in [3.63, 3.8) is 0 Å². The lowest BCUT2D eigenvalue weighted by atomic mass is 10.2. The molecule has 11 aromatic heterocycles. The highest BCUT2D eigenvalue weighted by Gasteiger charge is 2.24. The first-order valence-electron chi connectivity index (χ1n) is 30.5. The number of aliphatic hydroxyl groups is 1. The molecule has 0 aromatic carbocycles. The standard InChI is InChI=1S/C17H18N4O.C13H17N3O.C12H15N3O2.C12H15N3O.C11H13N3O/c18-16-15-5-4-13-2-1-3-14(13)21(15)20-17(16)22-11-8-12-6-9-19-10-7-12;1-8(2)17-13-12(14)11-7-6-9-4-3-5-10(9)16(11)15-13;13-11-10-5-4-8-2-1-3-9(8)15(10)14-12(11)17-7-6-16;1-2-16-12-11(13)10-7-6-8-4-3-5-9(8)15(10)14-12;1-15-11-10(12)9-6-5-7-3-2-4-8(7)14(9)13-11/h4-7,9-10H,1-3,8,11,18H2;6-8H,3-5,14H2,1-2H3;4-5,16H,1-3,6-7,13H2;6-7H,2-5,13H2,1H3;5-6H,2-4,12H2,1H3. The fraction of sp³-hybridized carbons (Fsp3) is 0.385. The molecule has 0 aliphatic heterocycles. The van der Waals surface area contributed by atoms with Crippen LogP contribution >= 0.6 is 0 Å². The predicted molar refractivity (Wildman–Crippen MR) is 338 cm³/mol. The van der Waals surface area contributed by atoms with E-state index >= 15 is 0 Å². The quantitative estimate of drug-likeness (QED) is 0.0667. The number of aryl methyl sites for hydroxylation is 10. The summed E-state index contributed by atoms with van der Waals surface area (Å²) in [6, 6.07) is 24.9. The molecule has 0 atom stereocenters. The van der Waals surface area contributed by atoms with E-state index in [2.05, 4.69) is 60.8 Å². The third kappa shape index (κ3) is 11.5. The van der Waals surface area contributed by atoms with Gasteiger partial charge in [-0.1, -0.05) is 30.3 Å². The Morgan fingerprint density at radius 2 is 0.747 bits per heavy atom. The van der Waals surface area contributed by atoms with E-state index in [4.69, 9.17) is 57.5 Å². The van der Waals surface area contributed by atoms with Gasteiger partial charge in [0, 0.05) is 47.3 Å². The van der Waals surface area contributed by atoms with Crippen molar-refractivity contribution in [2.75, 3.05) is 62.2 Å². The lowest BCUT2D eigenvalue weighted by Crippen LogP contribution is -2.07. The van der Waals surface area contributed by atoms with Crippen molar-refractivity contribution >= 4 is 56.0 Å². The maximum absolute atomic E-state index is 8.75. The normalized spacial score (nSPS) is 14.1. The Balaban J connectivity index is 0.000000107. The molecule has 0 unspecified atom stereocenters. The highest BCUT2D eigenvalue weighted by molar-refractivity contribution is 5.78. The maximum atomic E-state index is 8.75. The highest BCUT2D eigenvalue weighted by atomic mass is 16.5. The van der Waals surface area contributed by atoms with Gasteiger partial charge in [0.25, 0.3) is 29.4 Å². The molecule has 11 heterocycles. The number of rotatable bonds is 12. The first-order valence-corrected chi connectivity index (χ1v) is 30.5. The first kappa shape index (κ1) is 58.0. The number of aliphatic hydroxyl groups excluding tert-OH is 1. The van der Waals surface area contributed by atoms with E-state index in [0.29, 0.717) is 71.1 Å². The minimum Gasteiger partial charge on any atom is -0.478 e. The molecule has 11 N–H and O–H groups in total. The second-order valence-corrected chi connectivity index (χ2v) is 22.7. The minimum absolute atomic E-state index is 0.0363. The van der Waals surface area contributed by atoms with E-state index in [1.165, 1.54) is 94.0 Å². The molecule has 0 bridgehead atoms. The van der Waals surface area contributed by atoms with Crippen LogP contribution < -0.4 is 52.4 Å². The zero-order valence-corrected chi connectivity index (χ0v) is 50.1. The van der Waals surface area contributed by atoms with Crippen LogP contribution in [-0.4, -0.2) is 97.8 Å². The topological polar surface area (TPSA) is 296 Å². The Bertz CT molecular complexity index is 4270. The number of fused-ring (bicyclic) bond motifs is 15. The summed E-state index contributed by atoms with van der Waals surface area (Å²) in [5, 5.41) is 31.0. The highest BCUT2D eigenvalue weighted by Crippen LogP contribution is 2.36. The lowest BCUT2D eigenvalue weighted by Gasteiger charge is -2.05. The SMILES string of the molecule is CC(C)Oc1nn2c3c(ccc2c1N)CCC3.CCOc1nn2c3c(ccc2c1N)CCC3.COc1nn2c3c(ccc2c1N)CCC3.Nc1c(OCCO)nn2c3c(ccc12)CCC3.Nc1c(OCCc2ccncc2)nn2c3c(ccc12)CCC3. The zero-order chi connectivity index (χ0) is 60.3. The van der Waals surface area contributed by atoms with E-state index in [-0.39, 0.29) is 19.3 Å². The van der Waals surface area contributed by atoms with Crippen LogP contribution in [0, 0.1) is 0 Å². The first-order chi connectivity index (χ1) is 42.4. The molecule has 87 heavy (non-hydrogen) atoms. The summed E-state index contributed by atoms with van der Waals surface area (Å²) in [6.45, 7) is 7.23. The van der Waals surface area contributed by atoms with Crippen LogP contribution in [0.4, 0.5) is 28.4 Å². The van der Waals surface area contributed by atoms with Gasteiger partial charge < -0.3 is 57.5 Å². The summed E-state index contributed by atoms with van der Waals surface area (Å²) in [6.07, 6.45) is 21.5. The van der Waals surface area contributed by atoms with E-state index in [9.17, 15) is 0 Å². The summed E-state index contributed by atoms with van der Waals surface area (Å²) < 4.78 is 37.0. The molecular weight excluding hydrogens is 1100 g/mol. The van der Waals surface area contributed by atoms with E-state index in [1.54, 1.807) is 19.5 Å². The Hall–Kier alpha value is -9.44. The second kappa shape index (κ2) is 25.3. The molecule has 16 rings (SSSR count). The largest absolute Gasteiger partial charge is 0.478 e. The van der Waals surface area contributed by atoms with Crippen LogP contribution in [0.15, 0.2) is 85.2 Å². The van der Waals surface area contributed by atoms with Gasteiger partial charge in [0.1, 0.15) is 35.0 Å². The van der Waals surface area contributed by atoms with Crippen molar-refractivity contribution in [3.05, 3.63) is 147 Å². The number of pyridine rings is 6. The monoisotopic (exact) mass is 1180 g/mol. The van der Waals surface area contributed by atoms with Gasteiger partial charge in [-0.25, -0.2) is 22.6 Å². The molecular formula is C65H78N16O6. The van der Waals surface area contributed by atoms with Crippen molar-refractivity contribution in [1.82, 2.24) is 53.1 Å². The lowest BCUT2D eigenvalue weighted by molar-refractivity contribution is 0.197. The molecule has 454 valence electrons. The van der Waals surface area contributed by atoms with Crippen molar-refractivity contribution in [2.45, 2.75) is 130 Å². The number of nitrogens with zero attached hydrogens (tertiary/aromatic N) is 11. The van der Waals surface area contributed by atoms with Gasteiger partial charge in [-0.15, -0.1) is 25.5 Å². The molecule has 0 saturated heterocycles. The number of ether oxygens (including phenoxy) is 5. The molecule has 0 radical (unpaired) electrons. The average Bonchev–Trinajstić information content (AvgIpc) is 2.46. The average molecular weight is 1180 g/mol. The van der Waals surface area contributed by atoms with Crippen LogP contribution in [0.3, 0.4) is 0 Å². The molecule has 22 nitrogen and oxygen atoms in total. The zero-order valence-electron chi connectivity index (χ0n) is 50.1. The molecule has 5 aliphatic rings. The number of hydrogen-bond acceptors (Lipinski definition) is 17. The Morgan fingerprint density at radius 3 is 1.09 bits per heavy atom. The molecule has 11 aromatic rings. The summed E-state index contributed by atoms with van der Waals surface area (Å²) in [4.78, 5) is 4.01. The third-order valence-corrected chi connectivity index (χ3v) is 16.8. The van der Waals surface area contributed by atoms with Gasteiger partial charge in [-0.05, 0) is 193 Å². The van der Waals surface area contributed by atoms with Gasteiger partial charge >= 0.3 is 0 Å². The Labute approximate surface area is 504 Å². The Morgan fingerprint density at radius 1 is 0.425 bits per heavy atom. The van der Waals surface area contributed by atoms with Gasteiger partial charge in [-0.2, -0.15) is 0 Å². The summed E-state index contributed by atoms with van der Waals surface area (Å²) in [5.41, 5.74) is 52.4. The van der Waals surface area contributed by atoms with Crippen LogP contribution in [0.5, 0.6) is 29.4 Å². The number of methoxy groups -OCH3 is 1. The van der Waals surface area contributed by atoms with Crippen molar-refractivity contribution < 1.29 is 28.8 Å². The second-order valence-electron chi connectivity index (χ2n) is 22.7. The molecule has 22 heteroatoms. The van der Waals surface area contributed by atoms with E-state index in [1.807, 2.05) is 85.8 Å². The van der Waals surface area contributed by atoms with Gasteiger partial charge in [0.2, 0.25) is 0 Å². The number of hydrogen-bond donors (Lipinski definition) is 6. The number of anilines is 5. The van der Waals surface area contributed by atoms with Gasteiger partial charge in [0.15, 0.2) is 0 Å². The van der Waals surface area contributed by atoms with Crippen molar-refractivity contribution in [1.29, 1.82) is 0 Å². The smallest absolute Gasteiger partial charge is 0.257 e. The summed E-state index contributed by atoms with van der Waals surface area (Å²) >= 11 is 0. The summed E-state index contributed by atoms with van der Waals surface area (Å²) in [5.74, 6) is 2.59. The molecule has 0 fully saturated rings. The van der Waals surface area contributed by atoms with Crippen LogP contribution in [0.25, 0.3) is 27.6 Å². The van der Waals surface area contributed by atoms with Gasteiger partial charge in [0.05, 0.1) is 60.6 Å². The fourth-order valence-electron chi connectivity index (χ4n) is 12.6. The molecule has 0 amide bonds. The Kier molecular flexibility index (Phi) is 16.8. The van der Waals surface area contributed by atoms with E-state index < -0.39 is 0 Å². The number of nitrogens with two attached hydrogens (primary N) is 5. The van der Waals surface area contributed by atoms with Crippen molar-refractivity contribution in [2.24, 2.45) is 0 Å². The fourth-order valence-corrected chi connectivity index (χ4v) is 12.6. The predicted octanol–water partition coefficient (Wildman–Crippen LogP) is 8.61. The van der Waals surface area contributed by atoms with Crippen LogP contribution in [0.1, 0.15) is 115 Å². The van der Waals surface area contributed by atoms with Crippen LogP contribution in [0.2, 0.25) is 0 Å². The molecule has 5 aliphatic carbocycles. The summed E-state index contributed by atoms with van der Waals surface area (Å²) in [7, 11) is 1.60.